The summed E-state index contributed by atoms with van der Waals surface area (Å²) in [4.78, 5) is 14.1. The second-order valence-electron chi connectivity index (χ2n) is 7.41. The Hall–Kier alpha value is -0.810. The van der Waals surface area contributed by atoms with Crippen molar-refractivity contribution in [1.82, 2.24) is 10.2 Å². The number of nitrogens with zero attached hydrogens (tertiary/aromatic N) is 1. The van der Waals surface area contributed by atoms with Gasteiger partial charge in [0.25, 0.3) is 0 Å². The topological polar surface area (TPSA) is 67.6 Å². The molecule has 3 atom stereocenters. The van der Waals surface area contributed by atoms with Crippen LogP contribution in [0.1, 0.15) is 52.9 Å². The predicted octanol–water partition coefficient (Wildman–Crippen LogP) is 2.10. The molecule has 0 aromatic carbocycles. The fraction of sp³-hybridized carbons (Fsp3) is 0.938. The molecule has 0 aromatic rings. The van der Waals surface area contributed by atoms with E-state index in [0.717, 1.165) is 32.5 Å². The van der Waals surface area contributed by atoms with E-state index in [2.05, 4.69) is 5.32 Å². The average Bonchev–Trinajstić information content (AvgIpc) is 3.02. The van der Waals surface area contributed by atoms with E-state index >= 15 is 0 Å². The van der Waals surface area contributed by atoms with Crippen LogP contribution in [0.2, 0.25) is 0 Å². The van der Waals surface area contributed by atoms with E-state index in [0.29, 0.717) is 12.0 Å². The number of ether oxygens (including phenoxy) is 1. The maximum Gasteiger partial charge on any atom is 0.410 e. The van der Waals surface area contributed by atoms with Gasteiger partial charge in [0.1, 0.15) is 5.60 Å². The standard InChI is InChI=1S/C16H31N3O2/c1-16(2,3)21-15(20)19-9-5-7-13(19)11-18-14-8-4-6-12(14)10-17/h12-14,18H,4-11,17H2,1-3H3. The van der Waals surface area contributed by atoms with Crippen LogP contribution < -0.4 is 11.1 Å². The SMILES string of the molecule is CC(C)(C)OC(=O)N1CCCC1CNC1CCCC1CN. The Kier molecular flexibility index (Phi) is 5.49. The summed E-state index contributed by atoms with van der Waals surface area (Å²) in [6, 6.07) is 0.787. The molecular formula is C16H31N3O2. The number of amides is 1. The van der Waals surface area contributed by atoms with E-state index in [1.54, 1.807) is 0 Å². The van der Waals surface area contributed by atoms with E-state index in [4.69, 9.17) is 10.5 Å². The highest BCUT2D eigenvalue weighted by Crippen LogP contribution is 2.26. The van der Waals surface area contributed by atoms with Crippen molar-refractivity contribution in [1.29, 1.82) is 0 Å². The molecule has 1 saturated heterocycles. The molecule has 0 bridgehead atoms. The van der Waals surface area contributed by atoms with Gasteiger partial charge >= 0.3 is 6.09 Å². The molecule has 5 heteroatoms. The summed E-state index contributed by atoms with van der Waals surface area (Å²) in [6.07, 6.45) is 5.66. The fourth-order valence-corrected chi connectivity index (χ4v) is 3.48. The van der Waals surface area contributed by atoms with Gasteiger partial charge in [-0.25, -0.2) is 4.79 Å². The molecule has 0 radical (unpaired) electrons. The van der Waals surface area contributed by atoms with E-state index in [9.17, 15) is 4.79 Å². The monoisotopic (exact) mass is 297 g/mol. The second-order valence-corrected chi connectivity index (χ2v) is 7.41. The first-order valence-corrected chi connectivity index (χ1v) is 8.34. The lowest BCUT2D eigenvalue weighted by Crippen LogP contribution is -2.47. The van der Waals surface area contributed by atoms with Gasteiger partial charge in [-0.05, 0) is 58.9 Å². The molecular weight excluding hydrogens is 266 g/mol. The minimum Gasteiger partial charge on any atom is -0.444 e. The van der Waals surface area contributed by atoms with Crippen LogP contribution >= 0.6 is 0 Å². The third-order valence-corrected chi connectivity index (χ3v) is 4.58. The number of hydrogen-bond donors (Lipinski definition) is 2. The maximum atomic E-state index is 12.2. The van der Waals surface area contributed by atoms with Crippen molar-refractivity contribution in [3.63, 3.8) is 0 Å². The van der Waals surface area contributed by atoms with E-state index in [1.165, 1.54) is 19.3 Å². The van der Waals surface area contributed by atoms with Crippen LogP contribution in [0, 0.1) is 5.92 Å². The molecule has 1 saturated carbocycles. The summed E-state index contributed by atoms with van der Waals surface area (Å²) in [5, 5.41) is 3.64. The molecule has 21 heavy (non-hydrogen) atoms. The van der Waals surface area contributed by atoms with Crippen LogP contribution in [0.4, 0.5) is 4.79 Å². The molecule has 1 heterocycles. The largest absolute Gasteiger partial charge is 0.444 e. The van der Waals surface area contributed by atoms with Crippen LogP contribution in [0.5, 0.6) is 0 Å². The van der Waals surface area contributed by atoms with Gasteiger partial charge in [0.05, 0.1) is 0 Å². The molecule has 5 nitrogen and oxygen atoms in total. The average molecular weight is 297 g/mol. The second kappa shape index (κ2) is 6.97. The summed E-state index contributed by atoms with van der Waals surface area (Å²) < 4.78 is 5.51. The van der Waals surface area contributed by atoms with Gasteiger partial charge in [-0.1, -0.05) is 6.42 Å². The number of carbonyl (C=O) groups is 1. The summed E-state index contributed by atoms with van der Waals surface area (Å²) in [6.45, 7) is 8.18. The normalized spacial score (nSPS) is 29.9. The van der Waals surface area contributed by atoms with Crippen molar-refractivity contribution in [3.05, 3.63) is 0 Å². The zero-order valence-corrected chi connectivity index (χ0v) is 13.7. The first-order chi connectivity index (χ1) is 9.90. The van der Waals surface area contributed by atoms with Crippen LogP contribution in [0.25, 0.3) is 0 Å². The van der Waals surface area contributed by atoms with Gasteiger partial charge < -0.3 is 20.7 Å². The number of nitrogens with one attached hydrogen (secondary N) is 1. The van der Waals surface area contributed by atoms with Crippen molar-refractivity contribution in [3.8, 4) is 0 Å². The molecule has 2 rings (SSSR count). The Bertz CT molecular complexity index is 354. The molecule has 122 valence electrons. The summed E-state index contributed by atoms with van der Waals surface area (Å²) in [5.41, 5.74) is 5.41. The molecule has 2 aliphatic rings. The Balaban J connectivity index is 1.83. The maximum absolute atomic E-state index is 12.2. The Morgan fingerprint density at radius 1 is 1.29 bits per heavy atom. The van der Waals surface area contributed by atoms with Crippen molar-refractivity contribution in [2.45, 2.75) is 70.6 Å². The Morgan fingerprint density at radius 2 is 2.05 bits per heavy atom. The van der Waals surface area contributed by atoms with E-state index in [-0.39, 0.29) is 12.1 Å². The fourth-order valence-electron chi connectivity index (χ4n) is 3.48. The first kappa shape index (κ1) is 16.6. The minimum absolute atomic E-state index is 0.173. The Labute approximate surface area is 128 Å². The predicted molar refractivity (Wildman–Crippen MR) is 84.1 cm³/mol. The highest BCUT2D eigenvalue weighted by Gasteiger charge is 2.33. The van der Waals surface area contributed by atoms with Crippen molar-refractivity contribution < 1.29 is 9.53 Å². The number of carbonyl (C=O) groups excluding carboxylic acids is 1. The van der Waals surface area contributed by atoms with Gasteiger partial charge in [0.2, 0.25) is 0 Å². The minimum atomic E-state index is -0.423. The Morgan fingerprint density at radius 3 is 2.71 bits per heavy atom. The summed E-state index contributed by atoms with van der Waals surface area (Å²) in [5.74, 6) is 0.598. The smallest absolute Gasteiger partial charge is 0.410 e. The van der Waals surface area contributed by atoms with Crippen LogP contribution in [-0.4, -0.2) is 48.3 Å². The van der Waals surface area contributed by atoms with Crippen LogP contribution in [0.3, 0.4) is 0 Å². The highest BCUT2D eigenvalue weighted by molar-refractivity contribution is 5.69. The summed E-state index contributed by atoms with van der Waals surface area (Å²) in [7, 11) is 0. The third-order valence-electron chi connectivity index (χ3n) is 4.58. The summed E-state index contributed by atoms with van der Waals surface area (Å²) >= 11 is 0. The van der Waals surface area contributed by atoms with Gasteiger partial charge in [0, 0.05) is 25.2 Å². The third kappa shape index (κ3) is 4.58. The molecule has 1 aliphatic carbocycles. The number of hydrogen-bond acceptors (Lipinski definition) is 4. The molecule has 3 N–H and O–H groups in total. The molecule has 1 aliphatic heterocycles. The molecule has 0 aromatic heterocycles. The van der Waals surface area contributed by atoms with Gasteiger partial charge in [-0.15, -0.1) is 0 Å². The van der Waals surface area contributed by atoms with E-state index < -0.39 is 5.60 Å². The first-order valence-electron chi connectivity index (χ1n) is 8.34. The lowest BCUT2D eigenvalue weighted by atomic mass is 10.0. The number of likely N-dealkylation sites (tertiary alicyclic amines) is 1. The van der Waals surface area contributed by atoms with Gasteiger partial charge in [0.15, 0.2) is 0 Å². The van der Waals surface area contributed by atoms with Crippen molar-refractivity contribution in [2.24, 2.45) is 11.7 Å². The number of nitrogens with two attached hydrogens (primary N) is 1. The van der Waals surface area contributed by atoms with Gasteiger partial charge in [-0.3, -0.25) is 0 Å². The molecule has 1 amide bonds. The molecule has 0 spiro atoms. The highest BCUT2D eigenvalue weighted by atomic mass is 16.6. The van der Waals surface area contributed by atoms with E-state index in [1.807, 2.05) is 25.7 Å². The van der Waals surface area contributed by atoms with Gasteiger partial charge in [-0.2, -0.15) is 0 Å². The van der Waals surface area contributed by atoms with Crippen molar-refractivity contribution in [2.75, 3.05) is 19.6 Å². The number of rotatable bonds is 4. The molecule has 3 unspecified atom stereocenters. The molecule has 2 fully saturated rings. The van der Waals surface area contributed by atoms with Crippen LogP contribution in [0.15, 0.2) is 0 Å². The zero-order chi connectivity index (χ0) is 15.5. The van der Waals surface area contributed by atoms with Crippen molar-refractivity contribution >= 4 is 6.09 Å². The quantitative estimate of drug-likeness (QED) is 0.834. The van der Waals surface area contributed by atoms with Crippen LogP contribution in [-0.2, 0) is 4.74 Å². The lowest BCUT2D eigenvalue weighted by Gasteiger charge is -2.30. The lowest BCUT2D eigenvalue weighted by molar-refractivity contribution is 0.0224. The zero-order valence-electron chi connectivity index (χ0n) is 13.7.